The van der Waals surface area contributed by atoms with Crippen LogP contribution in [0.15, 0.2) is 41.1 Å². The molecule has 1 aromatic heterocycles. The Labute approximate surface area is 134 Å². The molecule has 2 rings (SSSR count). The molecule has 1 amide bonds. The molecule has 22 heavy (non-hydrogen) atoms. The van der Waals surface area contributed by atoms with Crippen LogP contribution in [0.25, 0.3) is 0 Å². The summed E-state index contributed by atoms with van der Waals surface area (Å²) in [5.74, 6) is -1.16. The van der Waals surface area contributed by atoms with Gasteiger partial charge in [-0.05, 0) is 60.9 Å². The second-order valence-corrected chi connectivity index (χ2v) is 5.94. The second kappa shape index (κ2) is 7.22. The third kappa shape index (κ3) is 3.74. The summed E-state index contributed by atoms with van der Waals surface area (Å²) in [4.78, 5) is 25.5. The minimum Gasteiger partial charge on any atom is -0.478 e. The molecule has 1 unspecified atom stereocenters. The maximum atomic E-state index is 12.7. The van der Waals surface area contributed by atoms with Gasteiger partial charge < -0.3 is 10.0 Å². The number of carboxylic acid groups (broad SMARTS) is 1. The third-order valence-electron chi connectivity index (χ3n) is 3.60. The van der Waals surface area contributed by atoms with Crippen molar-refractivity contribution in [3.63, 3.8) is 0 Å². The summed E-state index contributed by atoms with van der Waals surface area (Å²) < 4.78 is 0. The van der Waals surface area contributed by atoms with E-state index in [4.69, 9.17) is 5.11 Å². The van der Waals surface area contributed by atoms with Gasteiger partial charge in [0.25, 0.3) is 5.91 Å². The van der Waals surface area contributed by atoms with E-state index in [9.17, 15) is 9.59 Å². The van der Waals surface area contributed by atoms with Crippen molar-refractivity contribution >= 4 is 23.2 Å². The summed E-state index contributed by atoms with van der Waals surface area (Å²) in [5, 5.41) is 13.2. The van der Waals surface area contributed by atoms with E-state index in [0.29, 0.717) is 12.1 Å². The van der Waals surface area contributed by atoms with Gasteiger partial charge in [0, 0.05) is 18.2 Å². The van der Waals surface area contributed by atoms with Gasteiger partial charge >= 0.3 is 5.97 Å². The van der Waals surface area contributed by atoms with Gasteiger partial charge in [0.2, 0.25) is 0 Å². The Balaban J connectivity index is 2.17. The molecule has 0 aliphatic rings. The van der Waals surface area contributed by atoms with E-state index in [0.717, 1.165) is 6.42 Å². The number of carboxylic acids is 1. The Morgan fingerprint density at radius 2 is 2.00 bits per heavy atom. The first kappa shape index (κ1) is 16.2. The monoisotopic (exact) mass is 317 g/mol. The van der Waals surface area contributed by atoms with E-state index in [1.807, 2.05) is 19.2 Å². The highest BCUT2D eigenvalue weighted by Crippen LogP contribution is 2.15. The summed E-state index contributed by atoms with van der Waals surface area (Å²) in [6.45, 7) is 4.53. The van der Waals surface area contributed by atoms with Gasteiger partial charge in [0.1, 0.15) is 0 Å². The van der Waals surface area contributed by atoms with Crippen LogP contribution in [-0.2, 0) is 6.42 Å². The molecule has 0 spiro atoms. The molecule has 4 nitrogen and oxygen atoms in total. The Bertz CT molecular complexity index is 652. The maximum Gasteiger partial charge on any atom is 0.335 e. The van der Waals surface area contributed by atoms with Gasteiger partial charge in [-0.3, -0.25) is 4.79 Å². The van der Waals surface area contributed by atoms with E-state index in [1.54, 1.807) is 28.4 Å². The van der Waals surface area contributed by atoms with Crippen LogP contribution >= 0.6 is 11.3 Å². The average molecular weight is 317 g/mol. The number of aromatic carboxylic acids is 1. The number of likely N-dealkylation sites (N-methyl/N-ethyl adjacent to an activating group) is 1. The van der Waals surface area contributed by atoms with Crippen molar-refractivity contribution in [2.24, 2.45) is 0 Å². The number of benzene rings is 1. The van der Waals surface area contributed by atoms with Gasteiger partial charge in [-0.15, -0.1) is 0 Å². The third-order valence-corrected chi connectivity index (χ3v) is 4.33. The first-order chi connectivity index (χ1) is 10.5. The Hall–Kier alpha value is -2.14. The molecule has 0 radical (unpaired) electrons. The minimum atomic E-state index is -1.02. The number of carbonyl (C=O) groups is 2. The van der Waals surface area contributed by atoms with Gasteiger partial charge in [-0.1, -0.05) is 6.07 Å². The predicted octanol–water partition coefficient (Wildman–Crippen LogP) is 3.54. The van der Waals surface area contributed by atoms with Gasteiger partial charge in [0.05, 0.1) is 5.56 Å². The Morgan fingerprint density at radius 1 is 1.27 bits per heavy atom. The lowest BCUT2D eigenvalue weighted by molar-refractivity contribution is 0.0697. The van der Waals surface area contributed by atoms with Crippen LogP contribution in [0.1, 0.15) is 40.1 Å². The summed E-state index contributed by atoms with van der Waals surface area (Å²) in [5.41, 5.74) is 1.76. The standard InChI is InChI=1S/C17H19NO3S/c1-3-18(12(2)9-13-7-8-22-11-13)16(19)14-5-4-6-15(10-14)17(20)21/h4-8,10-12H,3,9H2,1-2H3,(H,20,21). The zero-order chi connectivity index (χ0) is 16.1. The lowest BCUT2D eigenvalue weighted by atomic mass is 10.1. The van der Waals surface area contributed by atoms with Crippen LogP contribution in [-0.4, -0.2) is 34.5 Å². The molecule has 0 fully saturated rings. The fraction of sp³-hybridized carbons (Fsp3) is 0.294. The molecule has 0 saturated carbocycles. The highest BCUT2D eigenvalue weighted by molar-refractivity contribution is 7.07. The SMILES string of the molecule is CCN(C(=O)c1cccc(C(=O)O)c1)C(C)Cc1ccsc1. The lowest BCUT2D eigenvalue weighted by Crippen LogP contribution is -2.39. The van der Waals surface area contributed by atoms with E-state index in [2.05, 4.69) is 11.4 Å². The van der Waals surface area contributed by atoms with Crippen molar-refractivity contribution in [2.75, 3.05) is 6.54 Å². The van der Waals surface area contributed by atoms with Crippen LogP contribution < -0.4 is 0 Å². The highest BCUT2D eigenvalue weighted by Gasteiger charge is 2.21. The number of hydrogen-bond acceptors (Lipinski definition) is 3. The smallest absolute Gasteiger partial charge is 0.335 e. The number of hydrogen-bond donors (Lipinski definition) is 1. The Kier molecular flexibility index (Phi) is 5.33. The number of rotatable bonds is 6. The predicted molar refractivity (Wildman–Crippen MR) is 87.6 cm³/mol. The largest absolute Gasteiger partial charge is 0.478 e. The molecular weight excluding hydrogens is 298 g/mol. The Morgan fingerprint density at radius 3 is 2.59 bits per heavy atom. The normalized spacial score (nSPS) is 11.9. The van der Waals surface area contributed by atoms with Crippen molar-refractivity contribution < 1.29 is 14.7 Å². The van der Waals surface area contributed by atoms with Crippen molar-refractivity contribution in [2.45, 2.75) is 26.3 Å². The lowest BCUT2D eigenvalue weighted by Gasteiger charge is -2.28. The fourth-order valence-corrected chi connectivity index (χ4v) is 3.15. The van der Waals surface area contributed by atoms with E-state index in [-0.39, 0.29) is 17.5 Å². The summed E-state index contributed by atoms with van der Waals surface area (Å²) in [6.07, 6.45) is 0.793. The average Bonchev–Trinajstić information content (AvgIpc) is 3.00. The summed E-state index contributed by atoms with van der Waals surface area (Å²) in [6, 6.07) is 8.31. The fourth-order valence-electron chi connectivity index (χ4n) is 2.47. The minimum absolute atomic E-state index is 0.0561. The number of amides is 1. The number of nitrogens with zero attached hydrogens (tertiary/aromatic N) is 1. The summed E-state index contributed by atoms with van der Waals surface area (Å²) >= 11 is 1.64. The number of carbonyl (C=O) groups excluding carboxylic acids is 1. The molecule has 0 aliphatic carbocycles. The van der Waals surface area contributed by atoms with Crippen LogP contribution in [0, 0.1) is 0 Å². The van der Waals surface area contributed by atoms with E-state index >= 15 is 0 Å². The first-order valence-electron chi connectivity index (χ1n) is 7.18. The number of thiophene rings is 1. The van der Waals surface area contributed by atoms with Gasteiger partial charge in [-0.25, -0.2) is 4.79 Å². The molecule has 1 heterocycles. The van der Waals surface area contributed by atoms with Crippen molar-refractivity contribution in [1.29, 1.82) is 0 Å². The molecule has 1 atom stereocenters. The van der Waals surface area contributed by atoms with Crippen LogP contribution in [0.4, 0.5) is 0 Å². The molecule has 0 aliphatic heterocycles. The zero-order valence-corrected chi connectivity index (χ0v) is 13.5. The molecular formula is C17H19NO3S. The molecule has 1 aromatic carbocycles. The van der Waals surface area contributed by atoms with Crippen LogP contribution in [0.2, 0.25) is 0 Å². The first-order valence-corrected chi connectivity index (χ1v) is 8.12. The maximum absolute atomic E-state index is 12.7. The van der Waals surface area contributed by atoms with E-state index in [1.165, 1.54) is 17.7 Å². The van der Waals surface area contributed by atoms with Gasteiger partial charge in [0.15, 0.2) is 0 Å². The molecule has 2 aromatic rings. The van der Waals surface area contributed by atoms with Crippen molar-refractivity contribution in [1.82, 2.24) is 4.90 Å². The van der Waals surface area contributed by atoms with Gasteiger partial charge in [-0.2, -0.15) is 11.3 Å². The molecule has 0 saturated heterocycles. The zero-order valence-electron chi connectivity index (χ0n) is 12.7. The molecule has 1 N–H and O–H groups in total. The highest BCUT2D eigenvalue weighted by atomic mass is 32.1. The van der Waals surface area contributed by atoms with E-state index < -0.39 is 5.97 Å². The molecule has 5 heteroatoms. The molecule has 116 valence electrons. The molecule has 0 bridgehead atoms. The quantitative estimate of drug-likeness (QED) is 0.886. The second-order valence-electron chi connectivity index (χ2n) is 5.16. The summed E-state index contributed by atoms with van der Waals surface area (Å²) in [7, 11) is 0. The van der Waals surface area contributed by atoms with Crippen LogP contribution in [0.5, 0.6) is 0 Å². The topological polar surface area (TPSA) is 57.6 Å². The van der Waals surface area contributed by atoms with Crippen molar-refractivity contribution in [3.05, 3.63) is 57.8 Å². The van der Waals surface area contributed by atoms with Crippen LogP contribution in [0.3, 0.4) is 0 Å². The van der Waals surface area contributed by atoms with Crippen molar-refractivity contribution in [3.8, 4) is 0 Å².